The van der Waals surface area contributed by atoms with Crippen molar-refractivity contribution in [2.75, 3.05) is 26.5 Å². The molecule has 2 heterocycles. The Hall–Kier alpha value is -5.22. The smallest absolute Gasteiger partial charge is 0.420 e. The minimum atomic E-state index is -4.54. The fourth-order valence-corrected chi connectivity index (χ4v) is 4.54. The number of benzene rings is 1. The zero-order chi connectivity index (χ0) is 36.7. The lowest BCUT2D eigenvalue weighted by Crippen LogP contribution is -2.44. The Morgan fingerprint density at radius 1 is 1.12 bits per heavy atom. The number of rotatable bonds is 11. The zero-order valence-electron chi connectivity index (χ0n) is 27.8. The standard InChI is InChI=1S/C32H38F4N6O7/c1-31(2,3)49-30(47)42-23-17-20(33)16-19(13-14-32(34,35)36)26(23)39-24(42)18-41-15-9-11-22(28(41)45)37-27(44)21(38-29(46)48-6)10-7-8-12-25(43)40(4)5/h8-9,11-12,15-17,21H,7,10,13-14,18H2,1-6H3,(H,37,44)(H,38,46)/b12-8+. The van der Waals surface area contributed by atoms with E-state index in [1.54, 1.807) is 34.9 Å². The molecule has 13 nitrogen and oxygen atoms in total. The van der Waals surface area contributed by atoms with Crippen molar-refractivity contribution < 1.29 is 46.2 Å². The highest BCUT2D eigenvalue weighted by Crippen LogP contribution is 2.28. The molecule has 0 bridgehead atoms. The predicted molar refractivity (Wildman–Crippen MR) is 171 cm³/mol. The van der Waals surface area contributed by atoms with Crippen LogP contribution in [0.2, 0.25) is 0 Å². The van der Waals surface area contributed by atoms with Gasteiger partial charge in [-0.25, -0.2) is 23.5 Å². The molecule has 1 unspecified atom stereocenters. The van der Waals surface area contributed by atoms with Crippen molar-refractivity contribution >= 4 is 40.7 Å². The molecule has 1 atom stereocenters. The van der Waals surface area contributed by atoms with E-state index in [2.05, 4.69) is 20.4 Å². The van der Waals surface area contributed by atoms with Gasteiger partial charge in [-0.3, -0.25) is 14.4 Å². The summed E-state index contributed by atoms with van der Waals surface area (Å²) >= 11 is 0. The zero-order valence-corrected chi connectivity index (χ0v) is 27.8. The molecule has 0 saturated heterocycles. The van der Waals surface area contributed by atoms with Gasteiger partial charge in [-0.15, -0.1) is 0 Å². The van der Waals surface area contributed by atoms with Gasteiger partial charge in [0.05, 0.1) is 24.7 Å². The number of nitrogens with zero attached hydrogens (tertiary/aromatic N) is 4. The van der Waals surface area contributed by atoms with Crippen LogP contribution in [0.4, 0.5) is 32.8 Å². The fourth-order valence-electron chi connectivity index (χ4n) is 4.54. The summed E-state index contributed by atoms with van der Waals surface area (Å²) in [6, 6.07) is 3.36. The van der Waals surface area contributed by atoms with Crippen molar-refractivity contribution in [1.82, 2.24) is 24.3 Å². The number of methoxy groups -OCH3 is 1. The van der Waals surface area contributed by atoms with Crippen LogP contribution in [-0.2, 0) is 32.0 Å². The lowest BCUT2D eigenvalue weighted by Gasteiger charge is -2.20. The molecule has 2 N–H and O–H groups in total. The van der Waals surface area contributed by atoms with Crippen molar-refractivity contribution in [2.45, 2.75) is 70.8 Å². The topological polar surface area (TPSA) is 154 Å². The molecule has 0 saturated carbocycles. The highest BCUT2D eigenvalue weighted by Gasteiger charge is 2.29. The predicted octanol–water partition coefficient (Wildman–Crippen LogP) is 4.75. The van der Waals surface area contributed by atoms with Gasteiger partial charge in [0.15, 0.2) is 0 Å². The summed E-state index contributed by atoms with van der Waals surface area (Å²) < 4.78 is 65.9. The first-order chi connectivity index (χ1) is 22.8. The molecule has 0 fully saturated rings. The molecule has 3 amide bonds. The number of fused-ring (bicyclic) bond motifs is 1. The maximum absolute atomic E-state index is 14.7. The second-order valence-corrected chi connectivity index (χ2v) is 12.1. The van der Waals surface area contributed by atoms with Crippen LogP contribution < -0.4 is 16.2 Å². The molecule has 0 radical (unpaired) electrons. The van der Waals surface area contributed by atoms with E-state index in [-0.39, 0.29) is 46.9 Å². The van der Waals surface area contributed by atoms with Gasteiger partial charge in [-0.1, -0.05) is 6.08 Å². The van der Waals surface area contributed by atoms with Gasteiger partial charge < -0.3 is 29.6 Å². The largest absolute Gasteiger partial charge is 0.453 e. The van der Waals surface area contributed by atoms with E-state index < -0.39 is 66.7 Å². The van der Waals surface area contributed by atoms with E-state index in [1.807, 2.05) is 0 Å². The summed E-state index contributed by atoms with van der Waals surface area (Å²) in [6.45, 7) is 4.30. The molecule has 266 valence electrons. The normalized spacial score (nSPS) is 12.5. The maximum atomic E-state index is 14.7. The number of alkyl carbamates (subject to hydrolysis) is 1. The molecule has 0 spiro atoms. The lowest BCUT2D eigenvalue weighted by molar-refractivity contribution is -0.134. The molecule has 3 aromatic rings. The highest BCUT2D eigenvalue weighted by atomic mass is 19.4. The number of ether oxygens (including phenoxy) is 2. The van der Waals surface area contributed by atoms with Crippen molar-refractivity contribution in [3.63, 3.8) is 0 Å². The molecule has 1 aromatic carbocycles. The number of carbonyl (C=O) groups excluding carboxylic acids is 4. The first kappa shape index (κ1) is 38.2. The SMILES string of the molecule is COC(=O)NC(CC/C=C/C(=O)N(C)C)C(=O)Nc1cccn(Cc2nc3c(CCC(F)(F)F)cc(F)cc3n2C(=O)OC(C)(C)C)c1=O. The van der Waals surface area contributed by atoms with E-state index in [9.17, 15) is 41.5 Å². The van der Waals surface area contributed by atoms with E-state index in [4.69, 9.17) is 4.74 Å². The quantitative estimate of drug-likeness (QED) is 0.215. The molecule has 0 aliphatic heterocycles. The van der Waals surface area contributed by atoms with E-state index in [0.717, 1.165) is 28.4 Å². The molecule has 0 aliphatic rings. The number of likely N-dealkylation sites (N-methyl/N-ethyl adjacent to an activating group) is 1. The monoisotopic (exact) mass is 694 g/mol. The summed E-state index contributed by atoms with van der Waals surface area (Å²) in [5.74, 6) is -2.12. The Balaban J connectivity index is 1.99. The summed E-state index contributed by atoms with van der Waals surface area (Å²) in [4.78, 5) is 69.5. The fraction of sp³-hybridized carbons (Fsp3) is 0.438. The number of pyridine rings is 1. The van der Waals surface area contributed by atoms with Crippen LogP contribution in [0.1, 0.15) is 51.4 Å². The first-order valence-corrected chi connectivity index (χ1v) is 15.0. The number of allylic oxidation sites excluding steroid dienone is 1. The number of amides is 3. The number of nitrogens with one attached hydrogen (secondary N) is 2. The summed E-state index contributed by atoms with van der Waals surface area (Å²) in [6.07, 6.45) is -3.96. The van der Waals surface area contributed by atoms with Gasteiger partial charge in [0.25, 0.3) is 5.56 Å². The van der Waals surface area contributed by atoms with Gasteiger partial charge in [-0.2, -0.15) is 13.2 Å². The Bertz CT molecular complexity index is 1790. The molecule has 17 heteroatoms. The van der Waals surface area contributed by atoms with E-state index >= 15 is 0 Å². The number of aromatic nitrogens is 3. The molecular weight excluding hydrogens is 656 g/mol. The summed E-state index contributed by atoms with van der Waals surface area (Å²) in [7, 11) is 4.24. The van der Waals surface area contributed by atoms with Crippen molar-refractivity contribution in [1.29, 1.82) is 0 Å². The van der Waals surface area contributed by atoms with Crippen LogP contribution in [0.3, 0.4) is 0 Å². The van der Waals surface area contributed by atoms with Gasteiger partial charge >= 0.3 is 18.4 Å². The van der Waals surface area contributed by atoms with Gasteiger partial charge in [-0.05, 0) is 69.9 Å². The van der Waals surface area contributed by atoms with Crippen molar-refractivity contribution in [2.24, 2.45) is 0 Å². The Morgan fingerprint density at radius 2 is 1.82 bits per heavy atom. The van der Waals surface area contributed by atoms with Crippen molar-refractivity contribution in [3.05, 3.63) is 70.2 Å². The average Bonchev–Trinajstić information content (AvgIpc) is 3.35. The van der Waals surface area contributed by atoms with Crippen LogP contribution in [0.15, 0.2) is 47.4 Å². The maximum Gasteiger partial charge on any atom is 0.420 e. The molecule has 0 aliphatic carbocycles. The lowest BCUT2D eigenvalue weighted by atomic mass is 10.1. The first-order valence-electron chi connectivity index (χ1n) is 15.0. The molecule has 2 aromatic heterocycles. The van der Waals surface area contributed by atoms with Gasteiger partial charge in [0.1, 0.15) is 29.0 Å². The van der Waals surface area contributed by atoms with Crippen LogP contribution in [-0.4, -0.2) is 82.0 Å². The summed E-state index contributed by atoms with van der Waals surface area (Å²) in [5.41, 5.74) is -2.35. The number of aryl methyl sites for hydroxylation is 1. The van der Waals surface area contributed by atoms with Gasteiger partial charge in [0.2, 0.25) is 11.8 Å². The molecular formula is C32H38F4N6O7. The Kier molecular flexibility index (Phi) is 12.3. The Morgan fingerprint density at radius 3 is 2.43 bits per heavy atom. The van der Waals surface area contributed by atoms with E-state index in [1.165, 1.54) is 35.4 Å². The minimum absolute atomic E-state index is 0.0340. The number of imidazole rings is 1. The van der Waals surface area contributed by atoms with Crippen LogP contribution in [0.25, 0.3) is 11.0 Å². The number of carbonyl (C=O) groups is 4. The second-order valence-electron chi connectivity index (χ2n) is 12.1. The highest BCUT2D eigenvalue weighted by molar-refractivity contribution is 5.96. The second kappa shape index (κ2) is 15.8. The number of hydrogen-bond donors (Lipinski definition) is 2. The van der Waals surface area contributed by atoms with Crippen LogP contribution >= 0.6 is 0 Å². The third kappa shape index (κ3) is 10.9. The number of alkyl halides is 3. The Labute approximate surface area is 278 Å². The third-order valence-electron chi connectivity index (χ3n) is 6.83. The third-order valence-corrected chi connectivity index (χ3v) is 6.83. The minimum Gasteiger partial charge on any atom is -0.453 e. The van der Waals surface area contributed by atoms with Crippen molar-refractivity contribution in [3.8, 4) is 0 Å². The number of anilines is 1. The number of hydrogen-bond acceptors (Lipinski definition) is 8. The van der Waals surface area contributed by atoms with Gasteiger partial charge in [0, 0.05) is 32.8 Å². The van der Waals surface area contributed by atoms with E-state index in [0.29, 0.717) is 0 Å². The average molecular weight is 695 g/mol. The summed E-state index contributed by atoms with van der Waals surface area (Å²) in [5, 5.41) is 4.84. The number of halogens is 4. The molecule has 49 heavy (non-hydrogen) atoms. The molecule has 3 rings (SSSR count). The van der Waals surface area contributed by atoms with Crippen LogP contribution in [0, 0.1) is 5.82 Å². The van der Waals surface area contributed by atoms with Crippen LogP contribution in [0.5, 0.6) is 0 Å².